The first kappa shape index (κ1) is 18.2. The van der Waals surface area contributed by atoms with E-state index in [1.54, 1.807) is 0 Å². The predicted octanol–water partition coefficient (Wildman–Crippen LogP) is 5.53. The Balaban J connectivity index is 1.43. The number of amides is 1. The van der Waals surface area contributed by atoms with Crippen molar-refractivity contribution in [2.75, 3.05) is 5.32 Å². The molecule has 0 fully saturated rings. The molecule has 1 amide bonds. The molecule has 0 saturated carbocycles. The Morgan fingerprint density at radius 1 is 0.964 bits per heavy atom. The van der Waals surface area contributed by atoms with Gasteiger partial charge in [-0.1, -0.05) is 42.5 Å². The zero-order chi connectivity index (χ0) is 19.5. The number of nitrogens with zero attached hydrogens (tertiary/aromatic N) is 2. The van der Waals surface area contributed by atoms with Gasteiger partial charge in [0.2, 0.25) is 0 Å². The van der Waals surface area contributed by atoms with Crippen LogP contribution in [0.1, 0.15) is 25.9 Å². The minimum absolute atomic E-state index is 0.0860. The van der Waals surface area contributed by atoms with Gasteiger partial charge in [0.15, 0.2) is 0 Å². The maximum absolute atomic E-state index is 12.6. The molecule has 0 aliphatic heterocycles. The van der Waals surface area contributed by atoms with Crippen LogP contribution < -0.4 is 5.32 Å². The molecule has 0 saturated heterocycles. The predicted molar refractivity (Wildman–Crippen MR) is 115 cm³/mol. The first-order valence-corrected chi connectivity index (χ1v) is 9.97. The lowest BCUT2D eigenvalue weighted by molar-refractivity contribution is 0.103. The van der Waals surface area contributed by atoms with E-state index in [9.17, 15) is 4.79 Å². The van der Waals surface area contributed by atoms with E-state index in [1.165, 1.54) is 11.3 Å². The van der Waals surface area contributed by atoms with Crippen LogP contribution in [0.2, 0.25) is 0 Å². The number of aromatic nitrogens is 2. The summed E-state index contributed by atoms with van der Waals surface area (Å²) in [5.74, 6) is -0.0860. The fraction of sp³-hybridized carbons (Fsp3) is 0.130. The van der Waals surface area contributed by atoms with E-state index in [0.717, 1.165) is 33.1 Å². The molecule has 28 heavy (non-hydrogen) atoms. The maximum atomic E-state index is 12.6. The van der Waals surface area contributed by atoms with Crippen molar-refractivity contribution >= 4 is 22.9 Å². The van der Waals surface area contributed by atoms with Crippen molar-refractivity contribution in [3.05, 3.63) is 93.9 Å². The summed E-state index contributed by atoms with van der Waals surface area (Å²) in [5.41, 5.74) is 5.20. The molecule has 4 nitrogen and oxygen atoms in total. The van der Waals surface area contributed by atoms with Gasteiger partial charge in [-0.2, -0.15) is 5.10 Å². The number of rotatable bonds is 5. The summed E-state index contributed by atoms with van der Waals surface area (Å²) >= 11 is 1.50. The standard InChI is InChI=1S/C23H21N3OS/c1-16-14-17(2)26(25-16)15-21-12-13-22(28-21)23(27)24-20-10-8-19(9-11-20)18-6-4-3-5-7-18/h3-14H,15H2,1-2H3,(H,24,27). The van der Waals surface area contributed by atoms with Gasteiger partial charge in [-0.15, -0.1) is 11.3 Å². The van der Waals surface area contributed by atoms with Crippen LogP contribution in [0.4, 0.5) is 5.69 Å². The van der Waals surface area contributed by atoms with Gasteiger partial charge >= 0.3 is 0 Å². The molecule has 0 atom stereocenters. The van der Waals surface area contributed by atoms with E-state index in [2.05, 4.69) is 28.6 Å². The van der Waals surface area contributed by atoms with Crippen LogP contribution in [0.5, 0.6) is 0 Å². The molecular formula is C23H21N3OS. The summed E-state index contributed by atoms with van der Waals surface area (Å²) in [6.07, 6.45) is 0. The quantitative estimate of drug-likeness (QED) is 0.489. The lowest BCUT2D eigenvalue weighted by Gasteiger charge is -2.06. The van der Waals surface area contributed by atoms with Gasteiger partial charge in [-0.05, 0) is 55.3 Å². The Kier molecular flexibility index (Phi) is 5.08. The first-order chi connectivity index (χ1) is 13.6. The third-order valence-corrected chi connectivity index (χ3v) is 5.61. The lowest BCUT2D eigenvalue weighted by atomic mass is 10.1. The van der Waals surface area contributed by atoms with Crippen LogP contribution in [-0.2, 0) is 6.54 Å². The van der Waals surface area contributed by atoms with E-state index in [1.807, 2.05) is 73.1 Å². The number of aryl methyl sites for hydroxylation is 2. The third kappa shape index (κ3) is 4.05. The van der Waals surface area contributed by atoms with Crippen molar-refractivity contribution in [3.8, 4) is 11.1 Å². The van der Waals surface area contributed by atoms with Gasteiger partial charge in [-0.3, -0.25) is 9.48 Å². The number of nitrogens with one attached hydrogen (secondary N) is 1. The molecule has 0 radical (unpaired) electrons. The monoisotopic (exact) mass is 387 g/mol. The SMILES string of the molecule is Cc1cc(C)n(Cc2ccc(C(=O)Nc3ccc(-c4ccccc4)cc3)s2)n1. The van der Waals surface area contributed by atoms with Gasteiger partial charge in [0.25, 0.3) is 5.91 Å². The summed E-state index contributed by atoms with van der Waals surface area (Å²) in [6, 6.07) is 24.0. The summed E-state index contributed by atoms with van der Waals surface area (Å²) < 4.78 is 1.96. The van der Waals surface area contributed by atoms with Gasteiger partial charge < -0.3 is 5.32 Å². The fourth-order valence-electron chi connectivity index (χ4n) is 3.14. The van der Waals surface area contributed by atoms with Crippen molar-refractivity contribution in [3.63, 3.8) is 0 Å². The minimum atomic E-state index is -0.0860. The summed E-state index contributed by atoms with van der Waals surface area (Å²) in [7, 11) is 0. The highest BCUT2D eigenvalue weighted by Crippen LogP contribution is 2.23. The highest BCUT2D eigenvalue weighted by Gasteiger charge is 2.11. The average molecular weight is 388 g/mol. The third-order valence-electron chi connectivity index (χ3n) is 4.54. The Morgan fingerprint density at radius 2 is 1.68 bits per heavy atom. The molecule has 2 aromatic carbocycles. The molecule has 0 aliphatic carbocycles. The van der Waals surface area contributed by atoms with Crippen molar-refractivity contribution in [2.24, 2.45) is 0 Å². The lowest BCUT2D eigenvalue weighted by Crippen LogP contribution is -2.09. The van der Waals surface area contributed by atoms with Crippen molar-refractivity contribution in [1.82, 2.24) is 9.78 Å². The van der Waals surface area contributed by atoms with Crippen LogP contribution in [0.3, 0.4) is 0 Å². The number of carbonyl (C=O) groups is 1. The van der Waals surface area contributed by atoms with Gasteiger partial charge in [0.05, 0.1) is 17.1 Å². The molecular weight excluding hydrogens is 366 g/mol. The van der Waals surface area contributed by atoms with Crippen molar-refractivity contribution in [1.29, 1.82) is 0 Å². The van der Waals surface area contributed by atoms with Crippen molar-refractivity contribution < 1.29 is 4.79 Å². The molecule has 4 rings (SSSR count). The number of hydrogen-bond acceptors (Lipinski definition) is 3. The van der Waals surface area contributed by atoms with Crippen LogP contribution in [0.15, 0.2) is 72.8 Å². The topological polar surface area (TPSA) is 46.9 Å². The van der Waals surface area contributed by atoms with E-state index in [4.69, 9.17) is 0 Å². The molecule has 5 heteroatoms. The largest absolute Gasteiger partial charge is 0.321 e. The molecule has 0 spiro atoms. The van der Waals surface area contributed by atoms with Gasteiger partial charge in [0.1, 0.15) is 0 Å². The second kappa shape index (κ2) is 7.82. The molecule has 2 aromatic heterocycles. The number of thiophene rings is 1. The average Bonchev–Trinajstić information content (AvgIpc) is 3.29. The second-order valence-electron chi connectivity index (χ2n) is 6.75. The Morgan fingerprint density at radius 3 is 2.36 bits per heavy atom. The Labute approximate surface area is 168 Å². The molecule has 0 bridgehead atoms. The van der Waals surface area contributed by atoms with E-state index < -0.39 is 0 Å². The Bertz CT molecular complexity index is 1090. The van der Waals surface area contributed by atoms with Crippen LogP contribution >= 0.6 is 11.3 Å². The Hall–Kier alpha value is -3.18. The number of benzene rings is 2. The van der Waals surface area contributed by atoms with E-state index in [-0.39, 0.29) is 5.91 Å². The van der Waals surface area contributed by atoms with Crippen molar-refractivity contribution in [2.45, 2.75) is 20.4 Å². The summed E-state index contributed by atoms with van der Waals surface area (Å²) in [5, 5.41) is 7.46. The first-order valence-electron chi connectivity index (χ1n) is 9.15. The number of carbonyl (C=O) groups excluding carboxylic acids is 1. The number of hydrogen-bond donors (Lipinski definition) is 1. The van der Waals surface area contributed by atoms with Gasteiger partial charge in [0, 0.05) is 16.3 Å². The molecule has 4 aromatic rings. The van der Waals surface area contributed by atoms with E-state index >= 15 is 0 Å². The zero-order valence-electron chi connectivity index (χ0n) is 15.8. The smallest absolute Gasteiger partial charge is 0.265 e. The summed E-state index contributed by atoms with van der Waals surface area (Å²) in [6.45, 7) is 4.71. The maximum Gasteiger partial charge on any atom is 0.265 e. The zero-order valence-corrected chi connectivity index (χ0v) is 16.7. The van der Waals surface area contributed by atoms with Gasteiger partial charge in [-0.25, -0.2) is 0 Å². The molecule has 1 N–H and O–H groups in total. The molecule has 140 valence electrons. The van der Waals surface area contributed by atoms with Crippen LogP contribution in [0, 0.1) is 13.8 Å². The molecule has 2 heterocycles. The fourth-order valence-corrected chi connectivity index (χ4v) is 4.02. The highest BCUT2D eigenvalue weighted by molar-refractivity contribution is 7.14. The minimum Gasteiger partial charge on any atom is -0.321 e. The van der Waals surface area contributed by atoms with Crippen LogP contribution in [-0.4, -0.2) is 15.7 Å². The molecule has 0 unspecified atom stereocenters. The summed E-state index contributed by atoms with van der Waals surface area (Å²) in [4.78, 5) is 14.4. The highest BCUT2D eigenvalue weighted by atomic mass is 32.1. The second-order valence-corrected chi connectivity index (χ2v) is 7.92. The normalized spacial score (nSPS) is 10.8. The number of anilines is 1. The van der Waals surface area contributed by atoms with E-state index in [0.29, 0.717) is 11.4 Å². The van der Waals surface area contributed by atoms with Crippen LogP contribution in [0.25, 0.3) is 11.1 Å². The molecule has 0 aliphatic rings.